The Balaban J connectivity index is 1.33. The smallest absolute Gasteiger partial charge is 0.286 e. The topological polar surface area (TPSA) is 96.5 Å². The number of nitrogens with one attached hydrogen (secondary N) is 2. The van der Waals surface area contributed by atoms with E-state index in [0.717, 1.165) is 49.1 Å². The van der Waals surface area contributed by atoms with Gasteiger partial charge in [0.05, 0.1) is 19.0 Å². The highest BCUT2D eigenvalue weighted by Crippen LogP contribution is 2.18. The number of rotatable bonds is 9. The molecule has 1 aromatic carbocycles. The third kappa shape index (κ3) is 7.39. The monoisotopic (exact) mass is 435 g/mol. The molecule has 1 aromatic heterocycles. The van der Waals surface area contributed by atoms with E-state index < -0.39 is 0 Å². The maximum atomic E-state index is 12.3. The molecule has 0 atom stereocenters. The largest absolute Gasteiger partial charge is 0.379 e. The fourth-order valence-corrected chi connectivity index (χ4v) is 4.32. The average Bonchev–Trinajstić information content (AvgIpc) is 3.20. The Morgan fingerprint density at radius 1 is 1.21 bits per heavy atom. The number of nitrogens with zero attached hydrogens (tertiary/aromatic N) is 3. The minimum absolute atomic E-state index is 0.00473. The van der Waals surface area contributed by atoms with Crippen LogP contribution in [-0.4, -0.2) is 72.1 Å². The molecule has 1 aliphatic rings. The summed E-state index contributed by atoms with van der Waals surface area (Å²) in [5, 5.41) is 14.8. The molecule has 156 valence electrons. The molecule has 1 fully saturated rings. The van der Waals surface area contributed by atoms with Crippen molar-refractivity contribution in [2.75, 3.05) is 50.5 Å². The second-order valence-electron chi connectivity index (χ2n) is 6.62. The molecule has 2 heterocycles. The third-order valence-electron chi connectivity index (χ3n) is 4.28. The Kier molecular flexibility index (Phi) is 8.41. The van der Waals surface area contributed by atoms with Gasteiger partial charge in [-0.3, -0.25) is 14.5 Å². The van der Waals surface area contributed by atoms with Crippen molar-refractivity contribution in [3.05, 3.63) is 39.8 Å². The quantitative estimate of drug-likeness (QED) is 0.620. The molecule has 0 aliphatic carbocycles. The standard InChI is InChI=1S/C19H25N5O3S2/c1-14-2-4-15(5-3-14)21-18(26)19-23-22-17(29-19)13-28-12-16(25)20-6-7-24-8-10-27-11-9-24/h2-5H,6-13H2,1H3,(H,20,25)(H,21,26). The molecule has 0 bridgehead atoms. The molecule has 0 unspecified atom stereocenters. The number of ether oxygens (including phenoxy) is 1. The number of aryl methyl sites for hydroxylation is 1. The summed E-state index contributed by atoms with van der Waals surface area (Å²) in [6.45, 7) is 6.83. The van der Waals surface area contributed by atoms with E-state index in [4.69, 9.17) is 4.74 Å². The second kappa shape index (κ2) is 11.2. The molecule has 0 saturated carbocycles. The number of carbonyl (C=O) groups excluding carboxylic acids is 2. The molecular weight excluding hydrogens is 410 g/mol. The van der Waals surface area contributed by atoms with E-state index in [0.29, 0.717) is 23.1 Å². The first-order valence-electron chi connectivity index (χ1n) is 9.45. The van der Waals surface area contributed by atoms with Crippen molar-refractivity contribution in [1.82, 2.24) is 20.4 Å². The van der Waals surface area contributed by atoms with E-state index in [2.05, 4.69) is 25.7 Å². The summed E-state index contributed by atoms with van der Waals surface area (Å²) in [6.07, 6.45) is 0. The summed E-state index contributed by atoms with van der Waals surface area (Å²) in [7, 11) is 0. The second-order valence-corrected chi connectivity index (χ2v) is 8.67. The molecule has 2 aromatic rings. The summed E-state index contributed by atoms with van der Waals surface area (Å²) in [6, 6.07) is 7.57. The van der Waals surface area contributed by atoms with Crippen molar-refractivity contribution in [2.45, 2.75) is 12.7 Å². The number of morpholine rings is 1. The Hall–Kier alpha value is -2.01. The lowest BCUT2D eigenvalue weighted by Crippen LogP contribution is -2.41. The first-order chi connectivity index (χ1) is 14.1. The Bertz CT molecular complexity index is 806. The van der Waals surface area contributed by atoms with Crippen molar-refractivity contribution < 1.29 is 14.3 Å². The minimum Gasteiger partial charge on any atom is -0.379 e. The number of thioether (sulfide) groups is 1. The zero-order valence-electron chi connectivity index (χ0n) is 16.3. The van der Waals surface area contributed by atoms with Gasteiger partial charge in [0, 0.05) is 37.6 Å². The van der Waals surface area contributed by atoms with Crippen LogP contribution in [0.2, 0.25) is 0 Å². The number of carbonyl (C=O) groups is 2. The molecule has 1 saturated heterocycles. The Morgan fingerprint density at radius 2 is 1.97 bits per heavy atom. The summed E-state index contributed by atoms with van der Waals surface area (Å²) in [5.74, 6) is 0.633. The Morgan fingerprint density at radius 3 is 2.72 bits per heavy atom. The van der Waals surface area contributed by atoms with Crippen LogP contribution in [0.15, 0.2) is 24.3 Å². The predicted octanol–water partition coefficient (Wildman–Crippen LogP) is 1.78. The van der Waals surface area contributed by atoms with Crippen LogP contribution in [0, 0.1) is 6.92 Å². The number of anilines is 1. The van der Waals surface area contributed by atoms with Crippen molar-refractivity contribution in [3.8, 4) is 0 Å². The van der Waals surface area contributed by atoms with E-state index in [1.54, 1.807) is 0 Å². The lowest BCUT2D eigenvalue weighted by molar-refractivity contribution is -0.118. The van der Waals surface area contributed by atoms with Crippen LogP contribution in [0.5, 0.6) is 0 Å². The van der Waals surface area contributed by atoms with Gasteiger partial charge in [0.1, 0.15) is 5.01 Å². The molecule has 3 rings (SSSR count). The van der Waals surface area contributed by atoms with Crippen LogP contribution in [0.3, 0.4) is 0 Å². The van der Waals surface area contributed by atoms with Crippen LogP contribution in [0.1, 0.15) is 20.4 Å². The summed E-state index contributed by atoms with van der Waals surface area (Å²) in [5.41, 5.74) is 1.85. The minimum atomic E-state index is -0.275. The van der Waals surface area contributed by atoms with Gasteiger partial charge in [-0.15, -0.1) is 22.0 Å². The highest BCUT2D eigenvalue weighted by Gasteiger charge is 2.14. The summed E-state index contributed by atoms with van der Waals surface area (Å²) < 4.78 is 5.31. The number of hydrogen-bond donors (Lipinski definition) is 2. The molecular formula is C19H25N5O3S2. The molecule has 1 aliphatic heterocycles. The molecule has 10 heteroatoms. The predicted molar refractivity (Wildman–Crippen MR) is 115 cm³/mol. The highest BCUT2D eigenvalue weighted by molar-refractivity contribution is 7.99. The van der Waals surface area contributed by atoms with E-state index in [1.807, 2.05) is 31.2 Å². The van der Waals surface area contributed by atoms with Gasteiger partial charge in [0.25, 0.3) is 5.91 Å². The van der Waals surface area contributed by atoms with Gasteiger partial charge >= 0.3 is 0 Å². The van der Waals surface area contributed by atoms with Crippen LogP contribution in [0.4, 0.5) is 5.69 Å². The zero-order chi connectivity index (χ0) is 20.5. The SMILES string of the molecule is Cc1ccc(NC(=O)c2nnc(CSCC(=O)NCCN3CCOCC3)s2)cc1. The maximum absolute atomic E-state index is 12.3. The molecule has 2 amide bonds. The lowest BCUT2D eigenvalue weighted by atomic mass is 10.2. The van der Waals surface area contributed by atoms with Gasteiger partial charge in [0.2, 0.25) is 10.9 Å². The molecule has 29 heavy (non-hydrogen) atoms. The summed E-state index contributed by atoms with van der Waals surface area (Å²) >= 11 is 2.71. The van der Waals surface area contributed by atoms with Gasteiger partial charge in [-0.25, -0.2) is 0 Å². The fraction of sp³-hybridized carbons (Fsp3) is 0.474. The number of aromatic nitrogens is 2. The Labute approximate surface area is 178 Å². The van der Waals surface area contributed by atoms with Gasteiger partial charge < -0.3 is 15.4 Å². The highest BCUT2D eigenvalue weighted by atomic mass is 32.2. The molecule has 0 spiro atoms. The van der Waals surface area contributed by atoms with Crippen LogP contribution in [0.25, 0.3) is 0 Å². The normalized spacial score (nSPS) is 14.5. The van der Waals surface area contributed by atoms with Crippen molar-refractivity contribution in [1.29, 1.82) is 0 Å². The van der Waals surface area contributed by atoms with Crippen molar-refractivity contribution in [2.24, 2.45) is 0 Å². The van der Waals surface area contributed by atoms with E-state index >= 15 is 0 Å². The molecule has 0 radical (unpaired) electrons. The zero-order valence-corrected chi connectivity index (χ0v) is 18.0. The van der Waals surface area contributed by atoms with Crippen LogP contribution < -0.4 is 10.6 Å². The van der Waals surface area contributed by atoms with E-state index in [1.165, 1.54) is 23.1 Å². The average molecular weight is 436 g/mol. The molecule has 8 nitrogen and oxygen atoms in total. The first kappa shape index (κ1) is 21.7. The number of hydrogen-bond acceptors (Lipinski definition) is 8. The summed E-state index contributed by atoms with van der Waals surface area (Å²) in [4.78, 5) is 26.5. The van der Waals surface area contributed by atoms with Crippen LogP contribution >= 0.6 is 23.1 Å². The molecule has 2 N–H and O–H groups in total. The first-order valence-corrected chi connectivity index (χ1v) is 11.4. The maximum Gasteiger partial charge on any atom is 0.286 e. The third-order valence-corrected chi connectivity index (χ3v) is 6.33. The van der Waals surface area contributed by atoms with E-state index in [-0.39, 0.29) is 11.8 Å². The van der Waals surface area contributed by atoms with Crippen LogP contribution in [-0.2, 0) is 15.3 Å². The van der Waals surface area contributed by atoms with Crippen molar-refractivity contribution >= 4 is 40.6 Å². The van der Waals surface area contributed by atoms with Gasteiger partial charge in [-0.1, -0.05) is 29.0 Å². The number of amides is 2. The van der Waals surface area contributed by atoms with Gasteiger partial charge in [0.15, 0.2) is 0 Å². The van der Waals surface area contributed by atoms with Gasteiger partial charge in [-0.2, -0.15) is 0 Å². The van der Waals surface area contributed by atoms with Crippen molar-refractivity contribution in [3.63, 3.8) is 0 Å². The van der Waals surface area contributed by atoms with E-state index in [9.17, 15) is 9.59 Å². The lowest BCUT2D eigenvalue weighted by Gasteiger charge is -2.26. The number of benzene rings is 1. The fourth-order valence-electron chi connectivity index (χ4n) is 2.69. The van der Waals surface area contributed by atoms with Gasteiger partial charge in [-0.05, 0) is 19.1 Å².